The molecule has 0 atom stereocenters. The Labute approximate surface area is 149 Å². The van der Waals surface area contributed by atoms with Crippen LogP contribution in [0.1, 0.15) is 19.4 Å². The molecule has 0 aliphatic heterocycles. The van der Waals surface area contributed by atoms with Crippen LogP contribution in [0.2, 0.25) is 0 Å². The average molecular weight is 351 g/mol. The number of hydrogen-bond acceptors (Lipinski definition) is 6. The van der Waals surface area contributed by atoms with Crippen LogP contribution in [0.5, 0.6) is 0 Å². The lowest BCUT2D eigenvalue weighted by atomic mass is 9.96. The molecule has 3 aromatic rings. The van der Waals surface area contributed by atoms with Crippen LogP contribution >= 0.6 is 0 Å². The van der Waals surface area contributed by atoms with Crippen LogP contribution in [0.4, 0.5) is 0 Å². The highest BCUT2D eigenvalue weighted by Crippen LogP contribution is 2.34. The van der Waals surface area contributed by atoms with E-state index in [0.29, 0.717) is 16.5 Å². The molecule has 0 unspecified atom stereocenters. The SMILES string of the molecule is CCOC(=O)/C(=C(\C)O)c1c(-c2ccccn2)oc(=O)c2ccccc12. The van der Waals surface area contributed by atoms with Crippen LogP contribution in [-0.4, -0.2) is 22.7 Å². The minimum absolute atomic E-state index is 0.0625. The minimum Gasteiger partial charge on any atom is -0.512 e. The van der Waals surface area contributed by atoms with Crippen molar-refractivity contribution in [3.05, 3.63) is 70.4 Å². The van der Waals surface area contributed by atoms with Crippen molar-refractivity contribution in [1.29, 1.82) is 0 Å². The fourth-order valence-electron chi connectivity index (χ4n) is 2.76. The van der Waals surface area contributed by atoms with E-state index in [0.717, 1.165) is 0 Å². The van der Waals surface area contributed by atoms with Crippen molar-refractivity contribution < 1.29 is 19.1 Å². The number of benzene rings is 1. The van der Waals surface area contributed by atoms with E-state index in [9.17, 15) is 14.7 Å². The van der Waals surface area contributed by atoms with Gasteiger partial charge >= 0.3 is 11.6 Å². The molecule has 0 radical (unpaired) electrons. The summed E-state index contributed by atoms with van der Waals surface area (Å²) in [5.74, 6) is -0.839. The van der Waals surface area contributed by atoms with Crippen LogP contribution in [0.25, 0.3) is 27.8 Å². The smallest absolute Gasteiger partial charge is 0.344 e. The summed E-state index contributed by atoms with van der Waals surface area (Å²) >= 11 is 0. The molecule has 2 aromatic heterocycles. The molecular formula is C20H17NO5. The summed E-state index contributed by atoms with van der Waals surface area (Å²) in [6, 6.07) is 11.8. The van der Waals surface area contributed by atoms with Gasteiger partial charge in [0.1, 0.15) is 17.0 Å². The Morgan fingerprint density at radius 2 is 1.85 bits per heavy atom. The van der Waals surface area contributed by atoms with Crippen molar-refractivity contribution in [2.24, 2.45) is 0 Å². The molecule has 1 aromatic carbocycles. The number of rotatable bonds is 4. The van der Waals surface area contributed by atoms with Crippen molar-refractivity contribution in [2.75, 3.05) is 6.61 Å². The Kier molecular flexibility index (Phi) is 4.84. The summed E-state index contributed by atoms with van der Waals surface area (Å²) in [5.41, 5.74) is 0.0296. The predicted octanol–water partition coefficient (Wildman–Crippen LogP) is 3.71. The Bertz CT molecular complexity index is 1050. The number of carbonyl (C=O) groups is 1. The largest absolute Gasteiger partial charge is 0.512 e. The Morgan fingerprint density at radius 3 is 2.46 bits per heavy atom. The van der Waals surface area contributed by atoms with Crippen molar-refractivity contribution in [3.63, 3.8) is 0 Å². The normalized spacial score (nSPS) is 11.9. The molecule has 132 valence electrons. The third-order valence-corrected chi connectivity index (χ3v) is 3.83. The number of aliphatic hydroxyl groups excluding tert-OH is 1. The number of fused-ring (bicyclic) bond motifs is 1. The zero-order chi connectivity index (χ0) is 18.7. The van der Waals surface area contributed by atoms with Gasteiger partial charge < -0.3 is 14.3 Å². The Morgan fingerprint density at radius 1 is 1.15 bits per heavy atom. The number of pyridine rings is 1. The number of ether oxygens (including phenoxy) is 1. The first-order chi connectivity index (χ1) is 12.5. The van der Waals surface area contributed by atoms with Crippen LogP contribution in [-0.2, 0) is 9.53 Å². The predicted molar refractivity (Wildman–Crippen MR) is 97.6 cm³/mol. The first-order valence-corrected chi connectivity index (χ1v) is 8.09. The van der Waals surface area contributed by atoms with E-state index in [1.807, 2.05) is 0 Å². The molecule has 0 aliphatic rings. The second-order valence-corrected chi connectivity index (χ2v) is 5.54. The molecule has 26 heavy (non-hydrogen) atoms. The average Bonchev–Trinajstić information content (AvgIpc) is 2.64. The number of nitrogens with zero attached hydrogens (tertiary/aromatic N) is 1. The number of aliphatic hydroxyl groups is 1. The molecule has 0 fully saturated rings. The maximum Gasteiger partial charge on any atom is 0.344 e. The Balaban J connectivity index is 2.45. The summed E-state index contributed by atoms with van der Waals surface area (Å²) in [5, 5.41) is 11.0. The Hall–Kier alpha value is -3.41. The second kappa shape index (κ2) is 7.23. The summed E-state index contributed by atoms with van der Waals surface area (Å²) in [6.07, 6.45) is 1.55. The van der Waals surface area contributed by atoms with E-state index in [-0.39, 0.29) is 29.3 Å². The van der Waals surface area contributed by atoms with Crippen LogP contribution < -0.4 is 5.63 Å². The molecular weight excluding hydrogens is 334 g/mol. The molecule has 2 heterocycles. The molecule has 6 heteroatoms. The molecule has 0 bridgehead atoms. The van der Waals surface area contributed by atoms with Gasteiger partial charge in [0.25, 0.3) is 0 Å². The molecule has 3 rings (SSSR count). The maximum atomic E-state index is 12.5. The zero-order valence-electron chi connectivity index (χ0n) is 14.4. The van der Waals surface area contributed by atoms with Gasteiger partial charge in [-0.2, -0.15) is 0 Å². The van der Waals surface area contributed by atoms with Crippen molar-refractivity contribution >= 4 is 22.3 Å². The number of hydrogen-bond donors (Lipinski definition) is 1. The molecule has 0 saturated heterocycles. The van der Waals surface area contributed by atoms with E-state index in [2.05, 4.69) is 4.98 Å². The number of allylic oxidation sites excluding steroid dienone is 1. The summed E-state index contributed by atoms with van der Waals surface area (Å²) < 4.78 is 10.6. The third-order valence-electron chi connectivity index (χ3n) is 3.83. The standard InChI is InChI=1S/C20H17NO5/c1-3-25-20(24)16(12(2)22)17-13-8-4-5-9-14(13)19(23)26-18(17)15-10-6-7-11-21-15/h4-11,22H,3H2,1-2H3/b16-12+. The van der Waals surface area contributed by atoms with Gasteiger partial charge in [-0.3, -0.25) is 4.98 Å². The topological polar surface area (TPSA) is 89.6 Å². The number of esters is 1. The van der Waals surface area contributed by atoms with Crippen molar-refractivity contribution in [3.8, 4) is 11.5 Å². The monoisotopic (exact) mass is 351 g/mol. The van der Waals surface area contributed by atoms with Crippen molar-refractivity contribution in [1.82, 2.24) is 4.98 Å². The van der Waals surface area contributed by atoms with Gasteiger partial charge in [0, 0.05) is 17.1 Å². The minimum atomic E-state index is -0.705. The highest BCUT2D eigenvalue weighted by molar-refractivity contribution is 6.22. The molecule has 0 spiro atoms. The maximum absolute atomic E-state index is 12.5. The third kappa shape index (κ3) is 3.09. The van der Waals surface area contributed by atoms with Gasteiger partial charge in [-0.15, -0.1) is 0 Å². The summed E-state index contributed by atoms with van der Waals surface area (Å²) in [4.78, 5) is 29.2. The summed E-state index contributed by atoms with van der Waals surface area (Å²) in [7, 11) is 0. The molecule has 0 amide bonds. The first kappa shape index (κ1) is 17.4. The number of carbonyl (C=O) groups excluding carboxylic acids is 1. The summed E-state index contributed by atoms with van der Waals surface area (Å²) in [6.45, 7) is 3.20. The van der Waals surface area contributed by atoms with E-state index in [1.165, 1.54) is 6.92 Å². The molecule has 0 saturated carbocycles. The van der Waals surface area contributed by atoms with E-state index in [1.54, 1.807) is 55.6 Å². The quantitative estimate of drug-likeness (QED) is 0.438. The van der Waals surface area contributed by atoms with Crippen LogP contribution in [0.15, 0.2) is 63.6 Å². The van der Waals surface area contributed by atoms with E-state index >= 15 is 0 Å². The van der Waals surface area contributed by atoms with Crippen molar-refractivity contribution in [2.45, 2.75) is 13.8 Å². The second-order valence-electron chi connectivity index (χ2n) is 5.54. The fraction of sp³-hybridized carbons (Fsp3) is 0.150. The molecule has 6 nitrogen and oxygen atoms in total. The highest BCUT2D eigenvalue weighted by atomic mass is 16.5. The van der Waals surface area contributed by atoms with Crippen LogP contribution in [0, 0.1) is 0 Å². The lowest BCUT2D eigenvalue weighted by Crippen LogP contribution is -2.13. The van der Waals surface area contributed by atoms with Gasteiger partial charge in [0.15, 0.2) is 5.76 Å². The fourth-order valence-corrected chi connectivity index (χ4v) is 2.76. The van der Waals surface area contributed by atoms with Gasteiger partial charge in [0.05, 0.1) is 12.0 Å². The zero-order valence-corrected chi connectivity index (χ0v) is 14.4. The van der Waals surface area contributed by atoms with Gasteiger partial charge in [-0.1, -0.05) is 24.3 Å². The molecule has 0 aliphatic carbocycles. The molecule has 1 N–H and O–H groups in total. The van der Waals surface area contributed by atoms with Gasteiger partial charge in [-0.25, -0.2) is 9.59 Å². The number of aromatic nitrogens is 1. The highest BCUT2D eigenvalue weighted by Gasteiger charge is 2.26. The van der Waals surface area contributed by atoms with Crippen LogP contribution in [0.3, 0.4) is 0 Å². The van der Waals surface area contributed by atoms with E-state index < -0.39 is 11.6 Å². The van der Waals surface area contributed by atoms with Gasteiger partial charge in [0.2, 0.25) is 0 Å². The first-order valence-electron chi connectivity index (χ1n) is 8.09. The van der Waals surface area contributed by atoms with E-state index in [4.69, 9.17) is 9.15 Å². The lowest BCUT2D eigenvalue weighted by molar-refractivity contribution is -0.136. The van der Waals surface area contributed by atoms with Gasteiger partial charge in [-0.05, 0) is 32.0 Å². The lowest BCUT2D eigenvalue weighted by Gasteiger charge is -2.14.